The number of alkyl halides is 2. The van der Waals surface area contributed by atoms with Crippen LogP contribution < -0.4 is 9.64 Å². The van der Waals surface area contributed by atoms with Gasteiger partial charge in [0.1, 0.15) is 5.75 Å². The van der Waals surface area contributed by atoms with Crippen LogP contribution in [0, 0.1) is 0 Å². The highest BCUT2D eigenvalue weighted by molar-refractivity contribution is 9.10. The van der Waals surface area contributed by atoms with E-state index in [-0.39, 0.29) is 11.3 Å². The Morgan fingerprint density at radius 1 is 0.963 bits per heavy atom. The van der Waals surface area contributed by atoms with Crippen LogP contribution in [0.5, 0.6) is 5.75 Å². The van der Waals surface area contributed by atoms with Crippen molar-refractivity contribution in [1.82, 2.24) is 0 Å². The van der Waals surface area contributed by atoms with E-state index < -0.39 is 12.5 Å². The molecule has 3 aromatic carbocycles. The number of anilines is 1. The number of para-hydroxylation sites is 1. The molecule has 3 nitrogen and oxygen atoms in total. The third-order valence-electron chi connectivity index (χ3n) is 3.88. The summed E-state index contributed by atoms with van der Waals surface area (Å²) in [4.78, 5) is 14.8. The Morgan fingerprint density at radius 3 is 2.22 bits per heavy atom. The normalized spacial score (nSPS) is 10.7. The number of nitrogens with zero attached hydrogens (tertiary/aromatic N) is 1. The first-order valence-electron chi connectivity index (χ1n) is 8.20. The average molecular weight is 432 g/mol. The van der Waals surface area contributed by atoms with E-state index in [9.17, 15) is 13.6 Å². The van der Waals surface area contributed by atoms with Crippen LogP contribution in [0.2, 0.25) is 0 Å². The molecule has 1 amide bonds. The fourth-order valence-electron chi connectivity index (χ4n) is 2.67. The van der Waals surface area contributed by atoms with Crippen molar-refractivity contribution in [3.8, 4) is 5.75 Å². The van der Waals surface area contributed by atoms with Crippen molar-refractivity contribution in [2.45, 2.75) is 13.2 Å². The van der Waals surface area contributed by atoms with Crippen molar-refractivity contribution < 1.29 is 18.3 Å². The van der Waals surface area contributed by atoms with Gasteiger partial charge in [0.15, 0.2) is 0 Å². The number of amides is 1. The molecule has 3 aromatic rings. The van der Waals surface area contributed by atoms with Gasteiger partial charge in [0.05, 0.1) is 12.1 Å². The molecule has 0 fully saturated rings. The number of carbonyl (C=O) groups is 1. The predicted octanol–water partition coefficient (Wildman–Crippen LogP) is 5.90. The van der Waals surface area contributed by atoms with Crippen LogP contribution in [0.3, 0.4) is 0 Å². The van der Waals surface area contributed by atoms with E-state index >= 15 is 0 Å². The van der Waals surface area contributed by atoms with Crippen molar-refractivity contribution >= 4 is 27.5 Å². The zero-order chi connectivity index (χ0) is 19.2. The molecular formula is C21H16BrF2NO2. The first kappa shape index (κ1) is 19.0. The quantitative estimate of drug-likeness (QED) is 0.486. The number of benzene rings is 3. The first-order chi connectivity index (χ1) is 13.0. The number of carbonyl (C=O) groups excluding carboxylic acids is 1. The molecule has 0 aromatic heterocycles. The first-order valence-corrected chi connectivity index (χ1v) is 8.99. The van der Waals surface area contributed by atoms with Gasteiger partial charge in [0.25, 0.3) is 5.91 Å². The summed E-state index contributed by atoms with van der Waals surface area (Å²) in [6.45, 7) is -2.72. The van der Waals surface area contributed by atoms with E-state index in [0.29, 0.717) is 16.7 Å². The molecule has 0 saturated carbocycles. The summed E-state index contributed by atoms with van der Waals surface area (Å²) in [5.41, 5.74) is 1.64. The predicted molar refractivity (Wildman–Crippen MR) is 104 cm³/mol. The summed E-state index contributed by atoms with van der Waals surface area (Å²) < 4.78 is 30.7. The molecule has 0 atom stereocenters. The van der Waals surface area contributed by atoms with Gasteiger partial charge >= 0.3 is 6.61 Å². The molecule has 0 saturated heterocycles. The van der Waals surface area contributed by atoms with Gasteiger partial charge in [-0.15, -0.1) is 0 Å². The maximum absolute atomic E-state index is 13.3. The molecule has 0 aliphatic carbocycles. The summed E-state index contributed by atoms with van der Waals surface area (Å²) in [6.07, 6.45) is 0. The number of hydrogen-bond acceptors (Lipinski definition) is 2. The maximum atomic E-state index is 13.3. The fraction of sp³-hybridized carbons (Fsp3) is 0.0952. The minimum absolute atomic E-state index is 0.0597. The van der Waals surface area contributed by atoms with Crippen LogP contribution in [0.25, 0.3) is 0 Å². The number of hydrogen-bond donors (Lipinski definition) is 0. The second-order valence-electron chi connectivity index (χ2n) is 5.73. The van der Waals surface area contributed by atoms with Gasteiger partial charge in [-0.25, -0.2) is 0 Å². The molecule has 0 spiro atoms. The van der Waals surface area contributed by atoms with E-state index in [4.69, 9.17) is 0 Å². The van der Waals surface area contributed by atoms with Gasteiger partial charge in [0.2, 0.25) is 0 Å². The minimum Gasteiger partial charge on any atom is -0.434 e. The SMILES string of the molecule is O=C(c1cc(Br)ccc1OC(F)F)N(Cc1ccccc1)c1ccccc1. The molecule has 27 heavy (non-hydrogen) atoms. The summed E-state index contributed by atoms with van der Waals surface area (Å²) in [5.74, 6) is -0.589. The Morgan fingerprint density at radius 2 is 1.59 bits per heavy atom. The summed E-state index contributed by atoms with van der Waals surface area (Å²) in [7, 11) is 0. The maximum Gasteiger partial charge on any atom is 0.387 e. The zero-order valence-electron chi connectivity index (χ0n) is 14.2. The highest BCUT2D eigenvalue weighted by Gasteiger charge is 2.23. The largest absolute Gasteiger partial charge is 0.434 e. The third-order valence-corrected chi connectivity index (χ3v) is 4.38. The van der Waals surface area contributed by atoms with Crippen LogP contribution in [0.4, 0.5) is 14.5 Å². The minimum atomic E-state index is -3.02. The van der Waals surface area contributed by atoms with E-state index in [1.54, 1.807) is 18.2 Å². The Bertz CT molecular complexity index is 905. The molecule has 0 unspecified atom stereocenters. The lowest BCUT2D eigenvalue weighted by molar-refractivity contribution is -0.0501. The van der Waals surface area contributed by atoms with Crippen molar-refractivity contribution in [2.24, 2.45) is 0 Å². The van der Waals surface area contributed by atoms with E-state index in [2.05, 4.69) is 20.7 Å². The molecular weight excluding hydrogens is 416 g/mol. The van der Waals surface area contributed by atoms with E-state index in [1.807, 2.05) is 48.5 Å². The molecule has 0 radical (unpaired) electrons. The fourth-order valence-corrected chi connectivity index (χ4v) is 3.03. The van der Waals surface area contributed by atoms with Gasteiger partial charge < -0.3 is 9.64 Å². The third kappa shape index (κ3) is 4.92. The lowest BCUT2D eigenvalue weighted by Crippen LogP contribution is -2.31. The van der Waals surface area contributed by atoms with Crippen molar-refractivity contribution in [1.29, 1.82) is 0 Å². The molecule has 0 bridgehead atoms. The highest BCUT2D eigenvalue weighted by Crippen LogP contribution is 2.29. The highest BCUT2D eigenvalue weighted by atomic mass is 79.9. The molecule has 0 aliphatic heterocycles. The number of halogens is 3. The Balaban J connectivity index is 2.02. The van der Waals surface area contributed by atoms with Crippen LogP contribution in [-0.4, -0.2) is 12.5 Å². The van der Waals surface area contributed by atoms with E-state index in [1.165, 1.54) is 17.0 Å². The zero-order valence-corrected chi connectivity index (χ0v) is 15.8. The summed E-state index contributed by atoms with van der Waals surface area (Å²) in [5, 5.41) is 0. The molecule has 0 aliphatic rings. The standard InChI is InChI=1S/C21H16BrF2NO2/c22-16-11-12-19(27-21(23)24)18(13-16)20(26)25(17-9-5-2-6-10-17)14-15-7-3-1-4-8-15/h1-13,21H,14H2. The summed E-state index contributed by atoms with van der Waals surface area (Å²) in [6, 6.07) is 22.9. The molecule has 6 heteroatoms. The Labute approximate surface area is 164 Å². The van der Waals surface area contributed by atoms with Crippen LogP contribution in [0.1, 0.15) is 15.9 Å². The van der Waals surface area contributed by atoms with Gasteiger partial charge in [-0.2, -0.15) is 8.78 Å². The number of rotatable bonds is 6. The monoisotopic (exact) mass is 431 g/mol. The Hall–Kier alpha value is -2.73. The molecule has 0 heterocycles. The van der Waals surface area contributed by atoms with Crippen molar-refractivity contribution in [3.63, 3.8) is 0 Å². The Kier molecular flexibility index (Phi) is 6.19. The summed E-state index contributed by atoms with van der Waals surface area (Å²) >= 11 is 3.29. The molecule has 3 rings (SSSR count). The molecule has 138 valence electrons. The number of ether oxygens (including phenoxy) is 1. The smallest absolute Gasteiger partial charge is 0.387 e. The lowest BCUT2D eigenvalue weighted by atomic mass is 10.1. The lowest BCUT2D eigenvalue weighted by Gasteiger charge is -2.24. The second-order valence-corrected chi connectivity index (χ2v) is 6.65. The van der Waals surface area contributed by atoms with Gasteiger partial charge in [0, 0.05) is 10.2 Å². The van der Waals surface area contributed by atoms with Crippen molar-refractivity contribution in [3.05, 3.63) is 94.5 Å². The van der Waals surface area contributed by atoms with Crippen LogP contribution >= 0.6 is 15.9 Å². The van der Waals surface area contributed by atoms with Gasteiger partial charge in [-0.3, -0.25) is 4.79 Å². The average Bonchev–Trinajstić information content (AvgIpc) is 2.68. The van der Waals surface area contributed by atoms with Crippen LogP contribution in [-0.2, 0) is 6.54 Å². The second kappa shape index (κ2) is 8.77. The van der Waals surface area contributed by atoms with E-state index in [0.717, 1.165) is 5.56 Å². The van der Waals surface area contributed by atoms with Crippen molar-refractivity contribution in [2.75, 3.05) is 4.90 Å². The van der Waals surface area contributed by atoms with Gasteiger partial charge in [-0.05, 0) is 35.9 Å². The molecule has 0 N–H and O–H groups in total. The van der Waals surface area contributed by atoms with Gasteiger partial charge in [-0.1, -0.05) is 64.5 Å². The van der Waals surface area contributed by atoms with Crippen LogP contribution in [0.15, 0.2) is 83.3 Å². The topological polar surface area (TPSA) is 29.5 Å².